The van der Waals surface area contributed by atoms with Crippen molar-refractivity contribution in [1.29, 1.82) is 0 Å². The molecule has 2 aromatic carbocycles. The van der Waals surface area contributed by atoms with Gasteiger partial charge in [-0.25, -0.2) is 9.50 Å². The summed E-state index contributed by atoms with van der Waals surface area (Å²) in [5, 5.41) is 9.58. The fourth-order valence-corrected chi connectivity index (χ4v) is 3.86. The summed E-state index contributed by atoms with van der Waals surface area (Å²) in [6.07, 6.45) is 4.02. The highest BCUT2D eigenvalue weighted by Crippen LogP contribution is 2.34. The first-order valence-corrected chi connectivity index (χ1v) is 10.8. The van der Waals surface area contributed by atoms with Crippen molar-refractivity contribution in [2.24, 2.45) is 0 Å². The molecule has 3 aromatic heterocycles. The van der Waals surface area contributed by atoms with Crippen LogP contribution < -0.4 is 0 Å². The predicted octanol–water partition coefficient (Wildman–Crippen LogP) is 5.82. The van der Waals surface area contributed by atoms with Crippen LogP contribution in [0.3, 0.4) is 0 Å². The van der Waals surface area contributed by atoms with Crippen molar-refractivity contribution < 1.29 is 4.52 Å². The fraction of sp³-hybridized carbons (Fsp3) is 0.160. The van der Waals surface area contributed by atoms with Gasteiger partial charge in [-0.2, -0.15) is 5.10 Å². The van der Waals surface area contributed by atoms with Crippen LogP contribution >= 0.6 is 23.2 Å². The smallest absolute Gasteiger partial charge is 0.183 e. The van der Waals surface area contributed by atoms with Gasteiger partial charge in [0.2, 0.25) is 0 Å². The molecule has 0 aliphatic carbocycles. The third kappa shape index (κ3) is 3.84. The van der Waals surface area contributed by atoms with Gasteiger partial charge < -0.3 is 4.52 Å². The van der Waals surface area contributed by atoms with Crippen molar-refractivity contribution in [2.75, 3.05) is 0 Å². The van der Waals surface area contributed by atoms with Gasteiger partial charge in [-0.3, -0.25) is 0 Å². The largest absolute Gasteiger partial charge is 0.355 e. The maximum atomic E-state index is 6.26. The number of benzene rings is 2. The molecule has 0 aliphatic rings. The van der Waals surface area contributed by atoms with E-state index in [9.17, 15) is 0 Å². The summed E-state index contributed by atoms with van der Waals surface area (Å²) in [5.74, 6) is 6.41. The van der Waals surface area contributed by atoms with Crippen molar-refractivity contribution in [1.82, 2.24) is 19.8 Å². The number of aromatic nitrogens is 4. The molecule has 0 saturated carbocycles. The Morgan fingerprint density at radius 3 is 2.81 bits per heavy atom. The lowest BCUT2D eigenvalue weighted by molar-refractivity contribution is 0.447. The van der Waals surface area contributed by atoms with Crippen LogP contribution in [-0.4, -0.2) is 19.8 Å². The van der Waals surface area contributed by atoms with Gasteiger partial charge in [0.1, 0.15) is 10.0 Å². The second-order valence-corrected chi connectivity index (χ2v) is 9.42. The van der Waals surface area contributed by atoms with Gasteiger partial charge in [-0.05, 0) is 54.7 Å². The molecule has 0 saturated heterocycles. The standard InChI is InChI=1S/C25H18Cl2N4O/c1-16-8-10-21-22(14-17-5-3-6-18(13-17)25(2,26)27)30-32-24(21)20(16)11-9-19-15-28-23-7-4-12-29-31(19)23/h3-8,10,12-13,15H,14H2,1-2H3. The SMILES string of the molecule is Cc1ccc2c(Cc3cccc(C(C)(Cl)Cl)c3)noc2c1C#Cc1cnc2cccnn12. The molecule has 0 aliphatic heterocycles. The number of aryl methyl sites for hydroxylation is 1. The Morgan fingerprint density at radius 1 is 1.09 bits per heavy atom. The van der Waals surface area contributed by atoms with E-state index in [1.807, 2.05) is 55.5 Å². The van der Waals surface area contributed by atoms with Crippen LogP contribution in [0, 0.1) is 18.8 Å². The van der Waals surface area contributed by atoms with Crippen molar-refractivity contribution in [3.63, 3.8) is 0 Å². The normalized spacial score (nSPS) is 11.6. The maximum Gasteiger partial charge on any atom is 0.183 e. The number of nitrogens with zero attached hydrogens (tertiary/aromatic N) is 4. The molecule has 5 aromatic rings. The van der Waals surface area contributed by atoms with Gasteiger partial charge in [0.05, 0.1) is 17.5 Å². The molecule has 5 nitrogen and oxygen atoms in total. The van der Waals surface area contributed by atoms with Crippen LogP contribution in [0.2, 0.25) is 0 Å². The molecule has 0 atom stereocenters. The monoisotopic (exact) mass is 460 g/mol. The highest BCUT2D eigenvalue weighted by atomic mass is 35.5. The van der Waals surface area contributed by atoms with Crippen LogP contribution in [0.1, 0.15) is 40.6 Å². The highest BCUT2D eigenvalue weighted by molar-refractivity contribution is 6.47. The number of hydrogen-bond donors (Lipinski definition) is 0. The van der Waals surface area contributed by atoms with Crippen molar-refractivity contribution in [2.45, 2.75) is 24.6 Å². The van der Waals surface area contributed by atoms with Gasteiger partial charge in [-0.15, -0.1) is 0 Å². The average molecular weight is 461 g/mol. The van der Waals surface area contributed by atoms with E-state index in [4.69, 9.17) is 27.7 Å². The van der Waals surface area contributed by atoms with Crippen LogP contribution in [0.5, 0.6) is 0 Å². The minimum Gasteiger partial charge on any atom is -0.355 e. The summed E-state index contributed by atoms with van der Waals surface area (Å²) in [4.78, 5) is 4.33. The molecule has 0 bridgehead atoms. The lowest BCUT2D eigenvalue weighted by Crippen LogP contribution is -2.04. The number of alkyl halides is 2. The quantitative estimate of drug-likeness (QED) is 0.251. The fourth-order valence-electron chi connectivity index (χ4n) is 3.62. The second kappa shape index (κ2) is 7.98. The topological polar surface area (TPSA) is 56.2 Å². The Bertz CT molecular complexity index is 1520. The van der Waals surface area contributed by atoms with E-state index in [0.717, 1.165) is 39.0 Å². The van der Waals surface area contributed by atoms with Crippen LogP contribution in [0.25, 0.3) is 16.6 Å². The Hall–Kier alpha value is -3.33. The predicted molar refractivity (Wildman–Crippen MR) is 126 cm³/mol. The first-order valence-electron chi connectivity index (χ1n) is 10.1. The molecule has 3 heterocycles. The first kappa shape index (κ1) is 20.6. The zero-order chi connectivity index (χ0) is 22.3. The Balaban J connectivity index is 1.53. The first-order chi connectivity index (χ1) is 15.4. The van der Waals surface area contributed by atoms with Crippen molar-refractivity contribution >= 4 is 39.8 Å². The number of imidazole rings is 1. The molecule has 0 fully saturated rings. The van der Waals surface area contributed by atoms with Crippen molar-refractivity contribution in [3.8, 4) is 11.8 Å². The lowest BCUT2D eigenvalue weighted by Gasteiger charge is -2.14. The molecule has 0 amide bonds. The lowest BCUT2D eigenvalue weighted by atomic mass is 10.0. The number of rotatable bonds is 3. The molecule has 32 heavy (non-hydrogen) atoms. The Labute approximate surface area is 195 Å². The molecule has 0 spiro atoms. The third-order valence-electron chi connectivity index (χ3n) is 5.32. The molecule has 0 radical (unpaired) electrons. The minimum absolute atomic E-state index is 0.595. The molecule has 5 rings (SSSR count). The zero-order valence-corrected chi connectivity index (χ0v) is 18.9. The average Bonchev–Trinajstić information content (AvgIpc) is 3.37. The minimum atomic E-state index is -0.950. The van der Waals surface area contributed by atoms with Crippen LogP contribution in [-0.2, 0) is 10.8 Å². The van der Waals surface area contributed by atoms with E-state index >= 15 is 0 Å². The molecular formula is C25H18Cl2N4O. The van der Waals surface area contributed by atoms with E-state index in [0.29, 0.717) is 17.7 Å². The van der Waals surface area contributed by atoms with Crippen LogP contribution in [0.15, 0.2) is 65.4 Å². The third-order valence-corrected chi connectivity index (χ3v) is 5.76. The summed E-state index contributed by atoms with van der Waals surface area (Å²) in [6.45, 7) is 3.76. The summed E-state index contributed by atoms with van der Waals surface area (Å²) in [6, 6.07) is 15.7. The molecule has 7 heteroatoms. The summed E-state index contributed by atoms with van der Waals surface area (Å²) >= 11 is 12.5. The Kier molecular flexibility index (Phi) is 5.13. The van der Waals surface area contributed by atoms with E-state index in [1.54, 1.807) is 23.8 Å². The number of fused-ring (bicyclic) bond motifs is 2. The summed E-state index contributed by atoms with van der Waals surface area (Å²) in [5.41, 5.74) is 6.67. The molecule has 0 unspecified atom stereocenters. The van der Waals surface area contributed by atoms with Gasteiger partial charge >= 0.3 is 0 Å². The number of hydrogen-bond acceptors (Lipinski definition) is 4. The maximum absolute atomic E-state index is 6.26. The summed E-state index contributed by atoms with van der Waals surface area (Å²) < 4.78 is 6.51. The number of halogens is 2. The van der Waals surface area contributed by atoms with Crippen LogP contribution in [0.4, 0.5) is 0 Å². The molecule has 158 valence electrons. The Morgan fingerprint density at radius 2 is 1.97 bits per heavy atom. The highest BCUT2D eigenvalue weighted by Gasteiger charge is 2.20. The molecule has 0 N–H and O–H groups in total. The zero-order valence-electron chi connectivity index (χ0n) is 17.4. The second-order valence-electron chi connectivity index (χ2n) is 7.72. The van der Waals surface area contributed by atoms with E-state index in [1.165, 1.54) is 0 Å². The van der Waals surface area contributed by atoms with Gasteiger partial charge in [0.15, 0.2) is 11.2 Å². The van der Waals surface area contributed by atoms with Gasteiger partial charge in [-0.1, -0.05) is 64.6 Å². The van der Waals surface area contributed by atoms with E-state index < -0.39 is 4.33 Å². The summed E-state index contributed by atoms with van der Waals surface area (Å²) in [7, 11) is 0. The van der Waals surface area contributed by atoms with Gasteiger partial charge in [0, 0.05) is 18.0 Å². The van der Waals surface area contributed by atoms with Gasteiger partial charge in [0.25, 0.3) is 0 Å². The van der Waals surface area contributed by atoms with E-state index in [-0.39, 0.29) is 0 Å². The van der Waals surface area contributed by atoms with E-state index in [2.05, 4.69) is 27.1 Å². The van der Waals surface area contributed by atoms with Crippen molar-refractivity contribution in [3.05, 3.63) is 94.6 Å². The molecular weight excluding hydrogens is 443 g/mol.